The van der Waals surface area contributed by atoms with Crippen molar-refractivity contribution in [2.45, 2.75) is 31.9 Å². The van der Waals surface area contributed by atoms with Gasteiger partial charge >= 0.3 is 0 Å². The van der Waals surface area contributed by atoms with Gasteiger partial charge in [-0.05, 0) is 37.1 Å². The summed E-state index contributed by atoms with van der Waals surface area (Å²) in [4.78, 5) is 20.1. The van der Waals surface area contributed by atoms with E-state index >= 15 is 0 Å². The van der Waals surface area contributed by atoms with Crippen molar-refractivity contribution < 1.29 is 23.5 Å². The van der Waals surface area contributed by atoms with E-state index in [2.05, 4.69) is 5.16 Å². The Morgan fingerprint density at radius 3 is 2.79 bits per heavy atom. The number of halogens is 1. The number of carbonyl (C=O) groups excluding carboxylic acids is 1. The molecule has 6 nitrogen and oxygen atoms in total. The van der Waals surface area contributed by atoms with Crippen LogP contribution in [0.3, 0.4) is 0 Å². The smallest absolute Gasteiger partial charge is 0.231 e. The molecule has 2 aliphatic heterocycles. The van der Waals surface area contributed by atoms with Crippen molar-refractivity contribution in [3.8, 4) is 11.5 Å². The molecular weight excluding hydrogens is 375 g/mol. The monoisotopic (exact) mass is 396 g/mol. The lowest BCUT2D eigenvalue weighted by atomic mass is 10.0. The minimum atomic E-state index is -0.300. The maximum absolute atomic E-state index is 14.1. The highest BCUT2D eigenvalue weighted by Crippen LogP contribution is 2.34. The number of amides is 1. The van der Waals surface area contributed by atoms with Crippen LogP contribution in [-0.4, -0.2) is 36.0 Å². The highest BCUT2D eigenvalue weighted by Gasteiger charge is 2.36. The fourth-order valence-electron chi connectivity index (χ4n) is 3.67. The molecule has 1 atom stereocenters. The Labute approximate surface area is 167 Å². The average molecular weight is 396 g/mol. The summed E-state index contributed by atoms with van der Waals surface area (Å²) in [6.07, 6.45) is 2.12. The lowest BCUT2D eigenvalue weighted by Crippen LogP contribution is -2.38. The van der Waals surface area contributed by atoms with Gasteiger partial charge in [0, 0.05) is 30.0 Å². The molecule has 1 aliphatic carbocycles. The van der Waals surface area contributed by atoms with Crippen molar-refractivity contribution in [3.05, 3.63) is 59.4 Å². The summed E-state index contributed by atoms with van der Waals surface area (Å²) in [5.74, 6) is 1.23. The molecule has 0 N–H and O–H groups in total. The van der Waals surface area contributed by atoms with E-state index in [1.54, 1.807) is 23.1 Å². The second-order valence-corrected chi connectivity index (χ2v) is 7.62. The number of fused-ring (bicyclic) bond motifs is 1. The summed E-state index contributed by atoms with van der Waals surface area (Å²) in [6.45, 7) is 0.834. The Hall–Kier alpha value is -3.09. The SMILES string of the molecule is O=C(C1CC1)N(Cc1ccccc1F)CC1CC(c2ccc3c(c2)OCO3)=NO1. The number of hydrogen-bond donors (Lipinski definition) is 0. The van der Waals surface area contributed by atoms with Gasteiger partial charge < -0.3 is 19.2 Å². The van der Waals surface area contributed by atoms with E-state index < -0.39 is 0 Å². The number of nitrogens with zero attached hydrogens (tertiary/aromatic N) is 2. The number of oxime groups is 1. The molecule has 1 unspecified atom stereocenters. The van der Waals surface area contributed by atoms with Crippen molar-refractivity contribution in [3.63, 3.8) is 0 Å². The zero-order valence-electron chi connectivity index (χ0n) is 15.8. The molecule has 2 aromatic carbocycles. The molecule has 0 aromatic heterocycles. The standard InChI is InChI=1S/C22H21FN2O4/c23-18-4-2-1-3-16(18)11-25(22(26)14-5-6-14)12-17-10-19(24-29-17)15-7-8-20-21(9-15)28-13-27-20/h1-4,7-9,14,17H,5-6,10-13H2. The lowest BCUT2D eigenvalue weighted by Gasteiger charge is -2.25. The van der Waals surface area contributed by atoms with Crippen molar-refractivity contribution in [1.29, 1.82) is 0 Å². The number of ether oxygens (including phenoxy) is 2. The predicted molar refractivity (Wildman–Crippen MR) is 103 cm³/mol. The fourth-order valence-corrected chi connectivity index (χ4v) is 3.67. The summed E-state index contributed by atoms with van der Waals surface area (Å²) in [7, 11) is 0. The first kappa shape index (κ1) is 18.0. The molecule has 1 saturated carbocycles. The lowest BCUT2D eigenvalue weighted by molar-refractivity contribution is -0.135. The van der Waals surface area contributed by atoms with Crippen molar-refractivity contribution >= 4 is 11.6 Å². The molecule has 2 heterocycles. The first-order valence-electron chi connectivity index (χ1n) is 9.82. The third-order valence-electron chi connectivity index (χ3n) is 5.42. The Morgan fingerprint density at radius 2 is 1.97 bits per heavy atom. The molecule has 0 bridgehead atoms. The molecule has 5 rings (SSSR count). The summed E-state index contributed by atoms with van der Waals surface area (Å²) < 4.78 is 24.9. The summed E-state index contributed by atoms with van der Waals surface area (Å²) in [5, 5.41) is 4.22. The van der Waals surface area contributed by atoms with E-state index in [-0.39, 0.29) is 37.1 Å². The minimum Gasteiger partial charge on any atom is -0.454 e. The molecule has 1 amide bonds. The molecule has 3 aliphatic rings. The van der Waals surface area contributed by atoms with Crippen LogP contribution in [0.4, 0.5) is 4.39 Å². The van der Waals surface area contributed by atoms with Gasteiger partial charge in [0.25, 0.3) is 0 Å². The molecular formula is C22H21FN2O4. The van der Waals surface area contributed by atoms with E-state index in [4.69, 9.17) is 14.3 Å². The molecule has 2 aromatic rings. The molecule has 0 spiro atoms. The van der Waals surface area contributed by atoms with Gasteiger partial charge in [-0.3, -0.25) is 4.79 Å². The van der Waals surface area contributed by atoms with E-state index in [0.29, 0.717) is 24.3 Å². The van der Waals surface area contributed by atoms with E-state index in [0.717, 1.165) is 29.9 Å². The number of carbonyl (C=O) groups is 1. The van der Waals surface area contributed by atoms with Gasteiger partial charge in [-0.25, -0.2) is 4.39 Å². The zero-order valence-corrected chi connectivity index (χ0v) is 15.8. The Bertz CT molecular complexity index is 973. The first-order chi connectivity index (χ1) is 14.2. The topological polar surface area (TPSA) is 60.4 Å². The largest absolute Gasteiger partial charge is 0.454 e. The quantitative estimate of drug-likeness (QED) is 0.750. The Balaban J connectivity index is 1.27. The third-order valence-corrected chi connectivity index (χ3v) is 5.42. The Kier molecular flexibility index (Phi) is 4.58. The van der Waals surface area contributed by atoms with Gasteiger partial charge in [0.15, 0.2) is 17.6 Å². The summed E-state index contributed by atoms with van der Waals surface area (Å²) >= 11 is 0. The van der Waals surface area contributed by atoms with Crippen LogP contribution in [-0.2, 0) is 16.2 Å². The second kappa shape index (κ2) is 7.39. The third kappa shape index (κ3) is 3.77. The second-order valence-electron chi connectivity index (χ2n) is 7.62. The summed E-state index contributed by atoms with van der Waals surface area (Å²) in [5.41, 5.74) is 2.22. The Morgan fingerprint density at radius 1 is 1.14 bits per heavy atom. The van der Waals surface area contributed by atoms with Crippen LogP contribution < -0.4 is 9.47 Å². The molecule has 150 valence electrons. The van der Waals surface area contributed by atoms with Crippen LogP contribution in [0.2, 0.25) is 0 Å². The molecule has 7 heteroatoms. The van der Waals surface area contributed by atoms with Gasteiger partial charge in [-0.15, -0.1) is 0 Å². The van der Waals surface area contributed by atoms with Gasteiger partial charge in [-0.1, -0.05) is 23.4 Å². The average Bonchev–Trinajstić information content (AvgIpc) is 3.29. The number of rotatable bonds is 6. The van der Waals surface area contributed by atoms with Crippen molar-refractivity contribution in [2.75, 3.05) is 13.3 Å². The van der Waals surface area contributed by atoms with Gasteiger partial charge in [0.1, 0.15) is 5.82 Å². The first-order valence-corrected chi connectivity index (χ1v) is 9.82. The highest BCUT2D eigenvalue weighted by molar-refractivity contribution is 6.01. The fraction of sp³-hybridized carbons (Fsp3) is 0.364. The van der Waals surface area contributed by atoms with Gasteiger partial charge in [0.05, 0.1) is 12.3 Å². The van der Waals surface area contributed by atoms with Crippen LogP contribution >= 0.6 is 0 Å². The molecule has 0 radical (unpaired) electrons. The predicted octanol–water partition coefficient (Wildman–Crippen LogP) is 3.49. The van der Waals surface area contributed by atoms with Crippen LogP contribution in [0.25, 0.3) is 0 Å². The molecule has 1 fully saturated rings. The van der Waals surface area contributed by atoms with E-state index in [1.165, 1.54) is 6.07 Å². The number of benzene rings is 2. The van der Waals surface area contributed by atoms with Gasteiger partial charge in [-0.2, -0.15) is 0 Å². The maximum atomic E-state index is 14.1. The number of hydrogen-bond acceptors (Lipinski definition) is 5. The van der Waals surface area contributed by atoms with E-state index in [1.807, 2.05) is 18.2 Å². The highest BCUT2D eigenvalue weighted by atomic mass is 19.1. The van der Waals surface area contributed by atoms with Crippen molar-refractivity contribution in [1.82, 2.24) is 4.90 Å². The summed E-state index contributed by atoms with van der Waals surface area (Å²) in [6, 6.07) is 12.2. The van der Waals surface area contributed by atoms with Crippen LogP contribution in [0, 0.1) is 11.7 Å². The normalized spacial score (nSPS) is 19.6. The maximum Gasteiger partial charge on any atom is 0.231 e. The molecule has 0 saturated heterocycles. The van der Waals surface area contributed by atoms with Gasteiger partial charge in [0.2, 0.25) is 12.7 Å². The van der Waals surface area contributed by atoms with Crippen LogP contribution in [0.5, 0.6) is 11.5 Å². The van der Waals surface area contributed by atoms with Crippen molar-refractivity contribution in [2.24, 2.45) is 11.1 Å². The molecule has 29 heavy (non-hydrogen) atoms. The zero-order chi connectivity index (χ0) is 19.8. The minimum absolute atomic E-state index is 0.0532. The van der Waals surface area contributed by atoms with Crippen LogP contribution in [0.15, 0.2) is 47.6 Å². The van der Waals surface area contributed by atoms with Crippen LogP contribution in [0.1, 0.15) is 30.4 Å². The van der Waals surface area contributed by atoms with E-state index in [9.17, 15) is 9.18 Å².